The van der Waals surface area contributed by atoms with E-state index in [4.69, 9.17) is 0 Å². The Balaban J connectivity index is 1.73. The van der Waals surface area contributed by atoms with Gasteiger partial charge in [-0.15, -0.1) is 0 Å². The Morgan fingerprint density at radius 2 is 2.00 bits per heavy atom. The number of halogens is 1. The molecule has 0 saturated carbocycles. The Morgan fingerprint density at radius 1 is 1.17 bits per heavy atom. The Bertz CT molecular complexity index is 921. The second-order valence-corrected chi connectivity index (χ2v) is 5.09. The van der Waals surface area contributed by atoms with E-state index in [1.165, 1.54) is 23.0 Å². The molecular formula is C17H14FN3O2. The first-order valence-corrected chi connectivity index (χ1v) is 7.09. The third-order valence-electron chi connectivity index (χ3n) is 3.43. The van der Waals surface area contributed by atoms with Gasteiger partial charge in [-0.3, -0.25) is 14.3 Å². The number of nitrogens with one attached hydrogen (secondary N) is 1. The van der Waals surface area contributed by atoms with Gasteiger partial charge in [0.2, 0.25) is 11.3 Å². The molecule has 0 radical (unpaired) electrons. The highest BCUT2D eigenvalue weighted by Crippen LogP contribution is 2.08. The molecule has 1 N–H and O–H groups in total. The van der Waals surface area contributed by atoms with Gasteiger partial charge in [0.1, 0.15) is 12.4 Å². The summed E-state index contributed by atoms with van der Waals surface area (Å²) in [7, 11) is 0. The van der Waals surface area contributed by atoms with Crippen LogP contribution in [0.4, 0.5) is 4.39 Å². The van der Waals surface area contributed by atoms with Crippen molar-refractivity contribution in [3.63, 3.8) is 0 Å². The highest BCUT2D eigenvalue weighted by Gasteiger charge is 2.08. The van der Waals surface area contributed by atoms with Crippen LogP contribution in [-0.4, -0.2) is 15.7 Å². The number of fused-ring (bicyclic) bond motifs is 1. The Morgan fingerprint density at radius 3 is 2.83 bits per heavy atom. The van der Waals surface area contributed by atoms with Gasteiger partial charge >= 0.3 is 0 Å². The van der Waals surface area contributed by atoms with Crippen LogP contribution in [0.2, 0.25) is 0 Å². The summed E-state index contributed by atoms with van der Waals surface area (Å²) in [5.74, 6) is -0.611. The molecule has 116 valence electrons. The smallest absolute Gasteiger partial charge is 0.242 e. The molecule has 0 atom stereocenters. The van der Waals surface area contributed by atoms with Crippen LogP contribution in [0.5, 0.6) is 0 Å². The molecule has 23 heavy (non-hydrogen) atoms. The van der Waals surface area contributed by atoms with Gasteiger partial charge in [-0.25, -0.2) is 4.39 Å². The summed E-state index contributed by atoms with van der Waals surface area (Å²) in [6.07, 6.45) is 1.20. The normalized spacial score (nSPS) is 10.7. The van der Waals surface area contributed by atoms with Crippen molar-refractivity contribution in [1.82, 2.24) is 15.1 Å². The fourth-order valence-electron chi connectivity index (χ4n) is 2.33. The third-order valence-corrected chi connectivity index (χ3v) is 3.43. The second kappa shape index (κ2) is 6.39. The van der Waals surface area contributed by atoms with Gasteiger partial charge in [0.15, 0.2) is 0 Å². The van der Waals surface area contributed by atoms with Gasteiger partial charge < -0.3 is 5.32 Å². The maximum atomic E-state index is 13.1. The molecule has 0 spiro atoms. The van der Waals surface area contributed by atoms with Crippen molar-refractivity contribution < 1.29 is 9.18 Å². The van der Waals surface area contributed by atoms with E-state index < -0.39 is 0 Å². The summed E-state index contributed by atoms with van der Waals surface area (Å²) in [5.41, 5.74) is 1.09. The average Bonchev–Trinajstić information content (AvgIpc) is 2.56. The topological polar surface area (TPSA) is 64.0 Å². The number of hydrogen-bond acceptors (Lipinski definition) is 3. The maximum absolute atomic E-state index is 13.1. The van der Waals surface area contributed by atoms with Crippen molar-refractivity contribution in [2.45, 2.75) is 13.1 Å². The number of carbonyl (C=O) groups excluding carboxylic acids is 1. The number of hydrogen-bond donors (Lipinski definition) is 1. The number of rotatable bonds is 4. The van der Waals surface area contributed by atoms with Crippen molar-refractivity contribution in [2.75, 3.05) is 0 Å². The number of benzene rings is 2. The number of nitrogens with zero attached hydrogens (tertiary/aromatic N) is 2. The van der Waals surface area contributed by atoms with Crippen molar-refractivity contribution >= 4 is 16.8 Å². The molecule has 0 unspecified atom stereocenters. The molecule has 6 heteroatoms. The van der Waals surface area contributed by atoms with Gasteiger partial charge in [0.05, 0.1) is 11.7 Å². The highest BCUT2D eigenvalue weighted by atomic mass is 19.1. The van der Waals surface area contributed by atoms with Crippen molar-refractivity contribution in [3.8, 4) is 0 Å². The van der Waals surface area contributed by atoms with Crippen molar-refractivity contribution in [3.05, 3.63) is 76.3 Å². The van der Waals surface area contributed by atoms with Crippen LogP contribution < -0.4 is 10.7 Å². The van der Waals surface area contributed by atoms with Crippen molar-refractivity contribution in [2.24, 2.45) is 0 Å². The lowest BCUT2D eigenvalue weighted by atomic mass is 10.2. The average molecular weight is 311 g/mol. The molecule has 3 rings (SSSR count). The van der Waals surface area contributed by atoms with Gasteiger partial charge in [-0.2, -0.15) is 5.10 Å². The maximum Gasteiger partial charge on any atom is 0.242 e. The fraction of sp³-hybridized carbons (Fsp3) is 0.118. The quantitative estimate of drug-likeness (QED) is 0.800. The zero-order valence-corrected chi connectivity index (χ0v) is 12.2. The minimum Gasteiger partial charge on any atom is -0.350 e. The lowest BCUT2D eigenvalue weighted by Gasteiger charge is -2.10. The molecule has 0 fully saturated rings. The van der Waals surface area contributed by atoms with E-state index in [1.807, 2.05) is 0 Å². The van der Waals surface area contributed by atoms with E-state index in [9.17, 15) is 14.0 Å². The summed E-state index contributed by atoms with van der Waals surface area (Å²) in [6.45, 7) is 0.213. The molecule has 1 aromatic heterocycles. The predicted octanol–water partition coefficient (Wildman–Crippen LogP) is 1.85. The Hall–Kier alpha value is -3.02. The summed E-state index contributed by atoms with van der Waals surface area (Å²) in [5, 5.41) is 7.22. The molecule has 1 amide bonds. The van der Waals surface area contributed by atoms with Gasteiger partial charge in [0, 0.05) is 11.9 Å². The number of aromatic nitrogens is 2. The summed E-state index contributed by atoms with van der Waals surface area (Å²) in [6, 6.07) is 13.0. The number of amides is 1. The van der Waals surface area contributed by atoms with Crippen LogP contribution in [0, 0.1) is 5.82 Å². The predicted molar refractivity (Wildman–Crippen MR) is 84.2 cm³/mol. The van der Waals surface area contributed by atoms with Crippen LogP contribution in [0.1, 0.15) is 5.56 Å². The fourth-order valence-corrected chi connectivity index (χ4v) is 2.33. The van der Waals surface area contributed by atoms with Crippen LogP contribution in [-0.2, 0) is 17.9 Å². The molecule has 0 aliphatic carbocycles. The molecule has 1 heterocycles. The van der Waals surface area contributed by atoms with Crippen LogP contribution >= 0.6 is 0 Å². The summed E-state index contributed by atoms with van der Waals surface area (Å²) >= 11 is 0. The molecule has 0 saturated heterocycles. The summed E-state index contributed by atoms with van der Waals surface area (Å²) < 4.78 is 14.6. The lowest BCUT2D eigenvalue weighted by Crippen LogP contribution is -2.28. The largest absolute Gasteiger partial charge is 0.350 e. The minimum atomic E-state index is -0.343. The number of para-hydroxylation sites is 1. The third kappa shape index (κ3) is 3.42. The molecule has 0 aliphatic heterocycles. The van der Waals surface area contributed by atoms with Crippen LogP contribution in [0.15, 0.2) is 59.5 Å². The highest BCUT2D eigenvalue weighted by molar-refractivity contribution is 5.81. The van der Waals surface area contributed by atoms with Crippen LogP contribution in [0.3, 0.4) is 0 Å². The molecular weight excluding hydrogens is 297 g/mol. The molecule has 0 bridgehead atoms. The zero-order valence-electron chi connectivity index (χ0n) is 12.2. The van der Waals surface area contributed by atoms with Gasteiger partial charge in [-0.1, -0.05) is 24.3 Å². The van der Waals surface area contributed by atoms with Gasteiger partial charge in [-0.05, 0) is 29.8 Å². The SMILES string of the molecule is O=C(Cn1ncc(=O)c2ccccc21)NCc1cccc(F)c1. The van der Waals surface area contributed by atoms with E-state index in [-0.39, 0.29) is 30.2 Å². The van der Waals surface area contributed by atoms with Crippen molar-refractivity contribution in [1.29, 1.82) is 0 Å². The van der Waals surface area contributed by atoms with Crippen LogP contribution in [0.25, 0.3) is 10.9 Å². The van der Waals surface area contributed by atoms with E-state index >= 15 is 0 Å². The minimum absolute atomic E-state index is 0.0177. The molecule has 5 nitrogen and oxygen atoms in total. The number of carbonyl (C=O) groups is 1. The van der Waals surface area contributed by atoms with E-state index in [0.717, 1.165) is 0 Å². The molecule has 3 aromatic rings. The first-order valence-electron chi connectivity index (χ1n) is 7.09. The standard InChI is InChI=1S/C17H14FN3O2/c18-13-5-3-4-12(8-13)9-19-17(23)11-21-15-7-2-1-6-14(15)16(22)10-20-21/h1-8,10H,9,11H2,(H,19,23). The first-order chi connectivity index (χ1) is 11.1. The summed E-state index contributed by atoms with van der Waals surface area (Å²) in [4.78, 5) is 23.8. The Kier molecular flexibility index (Phi) is 4.14. The Labute approximate surface area is 131 Å². The van der Waals surface area contributed by atoms with Gasteiger partial charge in [0.25, 0.3) is 0 Å². The van der Waals surface area contributed by atoms with E-state index in [1.54, 1.807) is 36.4 Å². The second-order valence-electron chi connectivity index (χ2n) is 5.09. The lowest BCUT2D eigenvalue weighted by molar-refractivity contribution is -0.121. The zero-order chi connectivity index (χ0) is 16.2. The molecule has 0 aliphatic rings. The monoisotopic (exact) mass is 311 g/mol. The van der Waals surface area contributed by atoms with E-state index in [2.05, 4.69) is 10.4 Å². The van der Waals surface area contributed by atoms with E-state index in [0.29, 0.717) is 16.5 Å². The first kappa shape index (κ1) is 14.9. The molecule has 2 aromatic carbocycles.